The molecule has 40 heavy (non-hydrogen) atoms. The summed E-state index contributed by atoms with van der Waals surface area (Å²) >= 11 is 0. The molecular formula is C31H32FN3O5. The molecule has 8 nitrogen and oxygen atoms in total. The molecule has 1 atom stereocenters. The lowest BCUT2D eigenvalue weighted by Crippen LogP contribution is -2.54. The highest BCUT2D eigenvalue weighted by Gasteiger charge is 2.30. The number of halogens is 1. The zero-order chi connectivity index (χ0) is 27.9. The number of ether oxygens (including phenoxy) is 1. The van der Waals surface area contributed by atoms with Crippen molar-refractivity contribution >= 4 is 5.97 Å². The van der Waals surface area contributed by atoms with Crippen molar-refractivity contribution in [3.05, 3.63) is 102 Å². The molecule has 9 heteroatoms. The largest absolute Gasteiger partial charge is 0.493 e. The van der Waals surface area contributed by atoms with E-state index in [0.717, 1.165) is 22.6 Å². The van der Waals surface area contributed by atoms with Gasteiger partial charge in [-0.05, 0) is 55.3 Å². The molecule has 5 rings (SSSR count). The normalized spacial score (nSPS) is 15.1. The van der Waals surface area contributed by atoms with Crippen molar-refractivity contribution in [2.24, 2.45) is 0 Å². The van der Waals surface area contributed by atoms with Gasteiger partial charge in [0.25, 0.3) is 0 Å². The first-order valence-corrected chi connectivity index (χ1v) is 13.3. The van der Waals surface area contributed by atoms with Crippen molar-refractivity contribution in [1.82, 2.24) is 14.9 Å². The van der Waals surface area contributed by atoms with Crippen LogP contribution in [0.3, 0.4) is 0 Å². The Hall–Kier alpha value is -4.21. The van der Waals surface area contributed by atoms with E-state index in [1.807, 2.05) is 66.4 Å². The number of hydrogen-bond acceptors (Lipinski definition) is 7. The summed E-state index contributed by atoms with van der Waals surface area (Å²) in [6, 6.07) is 22.9. The number of carboxylic acids is 1. The average Bonchev–Trinajstić information content (AvgIpc) is 3.35. The number of nitrogens with zero attached hydrogens (tertiary/aromatic N) is 3. The number of hydroxylamine groups is 2. The van der Waals surface area contributed by atoms with E-state index >= 15 is 0 Å². The predicted molar refractivity (Wildman–Crippen MR) is 148 cm³/mol. The van der Waals surface area contributed by atoms with Crippen LogP contribution in [0.15, 0.2) is 83.3 Å². The molecule has 0 amide bonds. The fourth-order valence-electron chi connectivity index (χ4n) is 4.71. The zero-order valence-electron chi connectivity index (χ0n) is 22.3. The summed E-state index contributed by atoms with van der Waals surface area (Å²) < 4.78 is 25.6. The summed E-state index contributed by atoms with van der Waals surface area (Å²) in [5, 5.41) is 11.6. The molecular weight excluding hydrogens is 513 g/mol. The SMILES string of the molecule is Cc1oc(-c2ccccc2)nc1CCOc1ccc(CC(C(=O)O)N2CCN(Oc3ccccc3F)CC2)cc1. The van der Waals surface area contributed by atoms with E-state index in [0.29, 0.717) is 57.3 Å². The van der Waals surface area contributed by atoms with E-state index in [9.17, 15) is 14.3 Å². The first-order chi connectivity index (χ1) is 19.5. The van der Waals surface area contributed by atoms with Gasteiger partial charge in [-0.1, -0.05) is 42.5 Å². The van der Waals surface area contributed by atoms with Gasteiger partial charge in [0.05, 0.1) is 12.3 Å². The van der Waals surface area contributed by atoms with Gasteiger partial charge in [-0.3, -0.25) is 9.69 Å². The third kappa shape index (κ3) is 6.86. The Morgan fingerprint density at radius 3 is 2.40 bits per heavy atom. The summed E-state index contributed by atoms with van der Waals surface area (Å²) in [6.07, 6.45) is 0.974. The van der Waals surface area contributed by atoms with Crippen molar-refractivity contribution in [3.8, 4) is 23.0 Å². The molecule has 1 fully saturated rings. The van der Waals surface area contributed by atoms with Crippen LogP contribution in [0.1, 0.15) is 17.0 Å². The summed E-state index contributed by atoms with van der Waals surface area (Å²) in [5.41, 5.74) is 2.70. The minimum Gasteiger partial charge on any atom is -0.493 e. The number of benzene rings is 3. The van der Waals surface area contributed by atoms with Crippen molar-refractivity contribution in [1.29, 1.82) is 0 Å². The fraction of sp³-hybridized carbons (Fsp3) is 0.290. The third-order valence-electron chi connectivity index (χ3n) is 6.94. The van der Waals surface area contributed by atoms with Gasteiger partial charge >= 0.3 is 5.97 Å². The van der Waals surface area contributed by atoms with E-state index < -0.39 is 17.8 Å². The van der Waals surface area contributed by atoms with Crippen LogP contribution in [0.2, 0.25) is 0 Å². The molecule has 1 aliphatic rings. The smallest absolute Gasteiger partial charge is 0.321 e. The Morgan fingerprint density at radius 2 is 1.70 bits per heavy atom. The topological polar surface area (TPSA) is 88.3 Å². The van der Waals surface area contributed by atoms with Gasteiger partial charge in [0, 0.05) is 38.2 Å². The van der Waals surface area contributed by atoms with Crippen LogP contribution in [0.25, 0.3) is 11.5 Å². The molecule has 1 aliphatic heterocycles. The molecule has 3 aromatic carbocycles. The molecule has 0 aliphatic carbocycles. The molecule has 0 spiro atoms. The maximum absolute atomic E-state index is 13.9. The minimum atomic E-state index is -0.873. The zero-order valence-corrected chi connectivity index (χ0v) is 22.3. The van der Waals surface area contributed by atoms with Crippen molar-refractivity contribution in [2.45, 2.75) is 25.8 Å². The van der Waals surface area contributed by atoms with Crippen LogP contribution in [-0.4, -0.2) is 64.9 Å². The highest BCUT2D eigenvalue weighted by atomic mass is 19.1. The predicted octanol–water partition coefficient (Wildman–Crippen LogP) is 5.02. The van der Waals surface area contributed by atoms with E-state index in [2.05, 4.69) is 4.98 Å². The van der Waals surface area contributed by atoms with Gasteiger partial charge in [0.15, 0.2) is 11.6 Å². The van der Waals surface area contributed by atoms with Gasteiger partial charge in [0.1, 0.15) is 17.6 Å². The number of aryl methyl sites for hydroxylation is 1. The van der Waals surface area contributed by atoms with E-state index in [1.54, 1.807) is 23.3 Å². The summed E-state index contributed by atoms with van der Waals surface area (Å²) in [5.74, 6) is 0.953. The lowest BCUT2D eigenvalue weighted by atomic mass is 10.0. The standard InChI is InChI=1S/C31H32FN3O5/c1-22-27(33-30(39-22)24-7-3-2-4-8-24)15-20-38-25-13-11-23(12-14-25)21-28(31(36)37)34-16-18-35(19-17-34)40-29-10-6-5-9-26(29)32/h2-14,28H,15-21H2,1H3,(H,36,37). The number of oxazole rings is 1. The molecule has 208 valence electrons. The number of hydrogen-bond donors (Lipinski definition) is 1. The number of aliphatic carboxylic acids is 1. The summed E-state index contributed by atoms with van der Waals surface area (Å²) in [4.78, 5) is 24.3. The Morgan fingerprint density at radius 1 is 1.00 bits per heavy atom. The third-order valence-corrected chi connectivity index (χ3v) is 6.94. The van der Waals surface area contributed by atoms with Gasteiger partial charge in [-0.25, -0.2) is 9.37 Å². The molecule has 1 saturated heterocycles. The molecule has 0 radical (unpaired) electrons. The van der Waals surface area contributed by atoms with Crippen LogP contribution >= 0.6 is 0 Å². The van der Waals surface area contributed by atoms with Crippen molar-refractivity contribution < 1.29 is 28.3 Å². The highest BCUT2D eigenvalue weighted by Crippen LogP contribution is 2.23. The van der Waals surface area contributed by atoms with Crippen LogP contribution in [0.4, 0.5) is 4.39 Å². The lowest BCUT2D eigenvalue weighted by molar-refractivity contribution is -0.147. The quantitative estimate of drug-likeness (QED) is 0.281. The van der Waals surface area contributed by atoms with Gasteiger partial charge in [-0.2, -0.15) is 0 Å². The number of piperazine rings is 1. The van der Waals surface area contributed by atoms with Crippen LogP contribution in [0, 0.1) is 12.7 Å². The number of rotatable bonds is 11. The average molecular weight is 546 g/mol. The Kier molecular flexibility index (Phi) is 8.73. The second-order valence-electron chi connectivity index (χ2n) is 9.68. The van der Waals surface area contributed by atoms with Gasteiger partial charge in [0.2, 0.25) is 5.89 Å². The second kappa shape index (κ2) is 12.8. The number of carboxylic acid groups (broad SMARTS) is 1. The Bertz CT molecular complexity index is 1400. The van der Waals surface area contributed by atoms with Crippen LogP contribution < -0.4 is 9.57 Å². The maximum atomic E-state index is 13.9. The van der Waals surface area contributed by atoms with Crippen molar-refractivity contribution in [2.75, 3.05) is 32.8 Å². The van der Waals surface area contributed by atoms with Gasteiger partial charge in [-0.15, -0.1) is 5.06 Å². The minimum absolute atomic E-state index is 0.168. The van der Waals surface area contributed by atoms with Crippen LogP contribution in [-0.2, 0) is 17.6 Å². The lowest BCUT2D eigenvalue weighted by Gasteiger charge is -2.37. The molecule has 0 bridgehead atoms. The van der Waals surface area contributed by atoms with E-state index in [-0.39, 0.29) is 5.75 Å². The fourth-order valence-corrected chi connectivity index (χ4v) is 4.71. The molecule has 0 saturated carbocycles. The van der Waals surface area contributed by atoms with Gasteiger partial charge < -0.3 is 19.1 Å². The monoisotopic (exact) mass is 545 g/mol. The van der Waals surface area contributed by atoms with E-state index in [1.165, 1.54) is 6.07 Å². The second-order valence-corrected chi connectivity index (χ2v) is 9.68. The number of aromatic nitrogens is 1. The Labute approximate surface area is 232 Å². The van der Waals surface area contributed by atoms with Crippen molar-refractivity contribution in [3.63, 3.8) is 0 Å². The molecule has 4 aromatic rings. The first kappa shape index (κ1) is 27.4. The maximum Gasteiger partial charge on any atom is 0.321 e. The molecule has 1 unspecified atom stereocenters. The highest BCUT2D eigenvalue weighted by molar-refractivity contribution is 5.74. The van der Waals surface area contributed by atoms with Crippen LogP contribution in [0.5, 0.6) is 11.5 Å². The molecule has 1 aromatic heterocycles. The number of para-hydroxylation sites is 1. The summed E-state index contributed by atoms with van der Waals surface area (Å²) in [6.45, 7) is 4.29. The first-order valence-electron chi connectivity index (χ1n) is 13.3. The molecule has 2 heterocycles. The van der Waals surface area contributed by atoms with E-state index in [4.69, 9.17) is 14.0 Å². The Balaban J connectivity index is 1.10. The summed E-state index contributed by atoms with van der Waals surface area (Å²) in [7, 11) is 0. The number of carbonyl (C=O) groups is 1. The molecule has 1 N–H and O–H groups in total.